The zero-order chi connectivity index (χ0) is 11.7. The molecule has 2 rings (SSSR count). The van der Waals surface area contributed by atoms with Crippen LogP contribution in [0.15, 0.2) is 29.0 Å². The lowest BCUT2D eigenvalue weighted by atomic mass is 10.1. The molecule has 1 heterocycles. The van der Waals surface area contributed by atoms with Gasteiger partial charge < -0.3 is 11.5 Å². The first-order valence-electron chi connectivity index (χ1n) is 4.35. The highest BCUT2D eigenvalue weighted by Gasteiger charge is 2.14. The minimum absolute atomic E-state index is 0.135. The number of carbonyl (C=O) groups excluding carboxylic acids is 1. The Morgan fingerprint density at radius 1 is 1.44 bits per heavy atom. The van der Waals surface area contributed by atoms with E-state index in [0.29, 0.717) is 15.7 Å². The summed E-state index contributed by atoms with van der Waals surface area (Å²) in [5.74, 6) is -0.410. The normalized spacial score (nSPS) is 10.3. The van der Waals surface area contributed by atoms with Crippen LogP contribution in [0.1, 0.15) is 10.4 Å². The van der Waals surface area contributed by atoms with Crippen molar-refractivity contribution in [1.29, 1.82) is 0 Å². The molecular weight excluding hydrogens is 274 g/mol. The molecule has 0 fully saturated rings. The van der Waals surface area contributed by atoms with Gasteiger partial charge in [0.15, 0.2) is 0 Å². The van der Waals surface area contributed by atoms with Crippen molar-refractivity contribution in [3.05, 3.63) is 34.6 Å². The van der Waals surface area contributed by atoms with Crippen molar-refractivity contribution in [2.75, 3.05) is 5.73 Å². The van der Waals surface area contributed by atoms with E-state index in [1.54, 1.807) is 18.2 Å². The third-order valence-electron chi connectivity index (χ3n) is 1.99. The van der Waals surface area contributed by atoms with Gasteiger partial charge in [0.1, 0.15) is 6.33 Å². The fourth-order valence-electron chi connectivity index (χ4n) is 1.34. The Morgan fingerprint density at radius 2 is 2.19 bits per heavy atom. The van der Waals surface area contributed by atoms with Gasteiger partial charge in [-0.25, -0.2) is 9.67 Å². The second-order valence-electron chi connectivity index (χ2n) is 3.05. The molecule has 0 unspecified atom stereocenters. The molecule has 4 N–H and O–H groups in total. The predicted molar refractivity (Wildman–Crippen MR) is 62.0 cm³/mol. The molecule has 82 valence electrons. The zero-order valence-electron chi connectivity index (χ0n) is 8.09. The molecule has 7 heteroatoms. The van der Waals surface area contributed by atoms with Crippen LogP contribution < -0.4 is 11.5 Å². The predicted octanol–water partition coefficient (Wildman–Crippen LogP) is 0.711. The minimum atomic E-state index is -0.545. The van der Waals surface area contributed by atoms with Crippen LogP contribution in [-0.2, 0) is 0 Å². The van der Waals surface area contributed by atoms with Crippen molar-refractivity contribution in [2.24, 2.45) is 5.73 Å². The average molecular weight is 282 g/mol. The second kappa shape index (κ2) is 3.93. The van der Waals surface area contributed by atoms with E-state index in [-0.39, 0.29) is 5.95 Å². The van der Waals surface area contributed by atoms with Crippen LogP contribution in [0.2, 0.25) is 0 Å². The van der Waals surface area contributed by atoms with Gasteiger partial charge in [-0.1, -0.05) is 6.07 Å². The summed E-state index contributed by atoms with van der Waals surface area (Å²) in [7, 11) is 0. The number of halogens is 1. The molecule has 0 aliphatic rings. The summed E-state index contributed by atoms with van der Waals surface area (Å²) in [6, 6.07) is 5.20. The number of nitrogens with two attached hydrogens (primary N) is 2. The fourth-order valence-corrected chi connectivity index (χ4v) is 1.89. The number of anilines is 1. The smallest absolute Gasteiger partial charge is 0.252 e. The van der Waals surface area contributed by atoms with Gasteiger partial charge in [-0.15, -0.1) is 5.10 Å². The second-order valence-corrected chi connectivity index (χ2v) is 3.90. The Bertz CT molecular complexity index is 551. The summed E-state index contributed by atoms with van der Waals surface area (Å²) in [4.78, 5) is 15.1. The first-order chi connectivity index (χ1) is 7.59. The Hall–Kier alpha value is -1.89. The number of carbonyl (C=O) groups is 1. The van der Waals surface area contributed by atoms with Gasteiger partial charge in [-0.3, -0.25) is 4.79 Å². The van der Waals surface area contributed by atoms with Crippen LogP contribution in [0.3, 0.4) is 0 Å². The van der Waals surface area contributed by atoms with Crippen molar-refractivity contribution in [3.8, 4) is 5.69 Å². The van der Waals surface area contributed by atoms with Gasteiger partial charge >= 0.3 is 0 Å². The molecule has 0 aliphatic carbocycles. The van der Waals surface area contributed by atoms with Gasteiger partial charge in [0, 0.05) is 4.47 Å². The molecule has 0 saturated carbocycles. The number of rotatable bonds is 2. The topological polar surface area (TPSA) is 99.8 Å². The van der Waals surface area contributed by atoms with Gasteiger partial charge in [0.25, 0.3) is 5.91 Å². The van der Waals surface area contributed by atoms with Crippen LogP contribution in [-0.4, -0.2) is 20.7 Å². The van der Waals surface area contributed by atoms with E-state index < -0.39 is 5.91 Å². The number of hydrogen-bond donors (Lipinski definition) is 2. The summed E-state index contributed by atoms with van der Waals surface area (Å²) < 4.78 is 2.01. The largest absolute Gasteiger partial charge is 0.366 e. The number of primary amides is 1. The number of amides is 1. The first kappa shape index (κ1) is 10.6. The summed E-state index contributed by atoms with van der Waals surface area (Å²) in [6.07, 6.45) is 1.42. The third kappa shape index (κ3) is 1.76. The molecular formula is C9H8BrN5O. The summed E-state index contributed by atoms with van der Waals surface area (Å²) in [5.41, 5.74) is 11.6. The fraction of sp³-hybridized carbons (Fsp3) is 0. The van der Waals surface area contributed by atoms with Gasteiger partial charge in [0.05, 0.1) is 11.3 Å². The van der Waals surface area contributed by atoms with Gasteiger partial charge in [-0.05, 0) is 28.1 Å². The average Bonchev–Trinajstić information content (AvgIpc) is 2.63. The van der Waals surface area contributed by atoms with E-state index >= 15 is 0 Å². The van der Waals surface area contributed by atoms with E-state index in [1.807, 2.05) is 0 Å². The molecule has 2 aromatic rings. The van der Waals surface area contributed by atoms with E-state index in [9.17, 15) is 4.79 Å². The number of nitrogens with zero attached hydrogens (tertiary/aromatic N) is 3. The van der Waals surface area contributed by atoms with Crippen LogP contribution >= 0.6 is 15.9 Å². The van der Waals surface area contributed by atoms with Crippen LogP contribution in [0.5, 0.6) is 0 Å². The molecule has 1 amide bonds. The van der Waals surface area contributed by atoms with Crippen molar-refractivity contribution in [3.63, 3.8) is 0 Å². The first-order valence-corrected chi connectivity index (χ1v) is 5.14. The molecule has 0 spiro atoms. The Kier molecular flexibility index (Phi) is 2.61. The lowest BCUT2D eigenvalue weighted by Gasteiger charge is -2.07. The zero-order valence-corrected chi connectivity index (χ0v) is 9.68. The molecule has 6 nitrogen and oxygen atoms in total. The number of benzene rings is 1. The molecule has 0 bridgehead atoms. The van der Waals surface area contributed by atoms with Crippen LogP contribution in [0, 0.1) is 0 Å². The summed E-state index contributed by atoms with van der Waals surface area (Å²) >= 11 is 3.26. The molecule has 1 aromatic heterocycles. The monoisotopic (exact) mass is 281 g/mol. The molecule has 0 aliphatic heterocycles. The minimum Gasteiger partial charge on any atom is -0.366 e. The highest BCUT2D eigenvalue weighted by Crippen LogP contribution is 2.22. The molecule has 0 radical (unpaired) electrons. The maximum atomic E-state index is 11.3. The standard InChI is InChI=1S/C9H8BrN5O/c10-5-2-1-3-6(7(5)8(11)16)15-4-13-9(12)14-15/h1-4H,(H2,11,16)(H2,12,14). The molecule has 0 saturated heterocycles. The SMILES string of the molecule is NC(=O)c1c(Br)cccc1-n1cnc(N)n1. The van der Waals surface area contributed by atoms with E-state index in [4.69, 9.17) is 11.5 Å². The van der Waals surface area contributed by atoms with Gasteiger partial charge in [0.2, 0.25) is 5.95 Å². The Morgan fingerprint density at radius 3 is 2.75 bits per heavy atom. The summed E-state index contributed by atoms with van der Waals surface area (Å²) in [6.45, 7) is 0. The van der Waals surface area contributed by atoms with E-state index in [1.165, 1.54) is 11.0 Å². The number of hydrogen-bond acceptors (Lipinski definition) is 4. The molecule has 0 atom stereocenters. The summed E-state index contributed by atoms with van der Waals surface area (Å²) in [5, 5.41) is 3.92. The number of nitrogen functional groups attached to an aromatic ring is 1. The van der Waals surface area contributed by atoms with Crippen LogP contribution in [0.4, 0.5) is 5.95 Å². The van der Waals surface area contributed by atoms with Crippen molar-refractivity contribution in [2.45, 2.75) is 0 Å². The highest BCUT2D eigenvalue weighted by molar-refractivity contribution is 9.10. The van der Waals surface area contributed by atoms with Crippen molar-refractivity contribution < 1.29 is 4.79 Å². The Balaban J connectivity index is 2.65. The lowest BCUT2D eigenvalue weighted by Crippen LogP contribution is -2.15. The van der Waals surface area contributed by atoms with E-state index in [0.717, 1.165) is 0 Å². The van der Waals surface area contributed by atoms with E-state index in [2.05, 4.69) is 26.0 Å². The molecule has 1 aromatic carbocycles. The maximum absolute atomic E-state index is 11.3. The van der Waals surface area contributed by atoms with Gasteiger partial charge in [-0.2, -0.15) is 0 Å². The van der Waals surface area contributed by atoms with Crippen LogP contribution in [0.25, 0.3) is 5.69 Å². The van der Waals surface area contributed by atoms with Crippen molar-refractivity contribution in [1.82, 2.24) is 14.8 Å². The number of aromatic nitrogens is 3. The third-order valence-corrected chi connectivity index (χ3v) is 2.66. The quantitative estimate of drug-likeness (QED) is 0.847. The maximum Gasteiger partial charge on any atom is 0.252 e. The molecule has 16 heavy (non-hydrogen) atoms. The lowest BCUT2D eigenvalue weighted by molar-refractivity contribution is 0.0999. The highest BCUT2D eigenvalue weighted by atomic mass is 79.9. The Labute approximate surface area is 99.4 Å². The van der Waals surface area contributed by atoms with Crippen molar-refractivity contribution >= 4 is 27.8 Å².